The van der Waals surface area contributed by atoms with Crippen LogP contribution in [0.25, 0.3) is 22.7 Å². The molecule has 0 amide bonds. The van der Waals surface area contributed by atoms with Gasteiger partial charge in [0.2, 0.25) is 0 Å². The monoisotopic (exact) mass is 397 g/mol. The van der Waals surface area contributed by atoms with Crippen molar-refractivity contribution in [2.24, 2.45) is 0 Å². The highest BCUT2D eigenvalue weighted by atomic mass is 79.9. The molecule has 3 aromatic rings. The third-order valence-corrected chi connectivity index (χ3v) is 4.25. The summed E-state index contributed by atoms with van der Waals surface area (Å²) in [5.41, 5.74) is 2.93. The minimum Gasteiger partial charge on any atom is -0.497 e. The number of H-pyrrole nitrogens is 1. The van der Waals surface area contributed by atoms with E-state index >= 15 is 0 Å². The van der Waals surface area contributed by atoms with Crippen LogP contribution in [0.4, 0.5) is 0 Å². The van der Waals surface area contributed by atoms with E-state index in [1.54, 1.807) is 13.2 Å². The summed E-state index contributed by atoms with van der Waals surface area (Å²) in [6.07, 6.45) is 1.79. The number of halogens is 1. The molecule has 0 unspecified atom stereocenters. The fourth-order valence-corrected chi connectivity index (χ4v) is 2.95. The van der Waals surface area contributed by atoms with Crippen LogP contribution in [0, 0.1) is 11.3 Å². The van der Waals surface area contributed by atoms with Gasteiger partial charge in [0.25, 0.3) is 0 Å². The average molecular weight is 398 g/mol. The lowest BCUT2D eigenvalue weighted by Gasteiger charge is -2.06. The van der Waals surface area contributed by atoms with Gasteiger partial charge >= 0.3 is 0 Å². The quantitative estimate of drug-likeness (QED) is 0.627. The molecule has 25 heavy (non-hydrogen) atoms. The normalized spacial score (nSPS) is 11.4. The maximum absolute atomic E-state index is 9.54. The van der Waals surface area contributed by atoms with Crippen LogP contribution in [0.5, 0.6) is 11.5 Å². The number of rotatable bonds is 5. The molecule has 0 aliphatic heterocycles. The second-order valence-corrected chi connectivity index (χ2v) is 6.12. The third kappa shape index (κ3) is 3.67. The molecule has 0 aliphatic rings. The molecule has 126 valence electrons. The van der Waals surface area contributed by atoms with Crippen molar-refractivity contribution in [3.8, 4) is 17.6 Å². The first-order valence-corrected chi connectivity index (χ1v) is 8.52. The highest BCUT2D eigenvalue weighted by Crippen LogP contribution is 2.28. The number of nitriles is 1. The second kappa shape index (κ2) is 7.41. The Morgan fingerprint density at radius 2 is 2.16 bits per heavy atom. The van der Waals surface area contributed by atoms with Gasteiger partial charge in [0, 0.05) is 6.07 Å². The van der Waals surface area contributed by atoms with E-state index < -0.39 is 0 Å². The Balaban J connectivity index is 1.98. The number of aromatic amines is 1. The Morgan fingerprint density at radius 1 is 1.32 bits per heavy atom. The summed E-state index contributed by atoms with van der Waals surface area (Å²) in [5.74, 6) is 2.03. The van der Waals surface area contributed by atoms with E-state index in [0.717, 1.165) is 32.6 Å². The zero-order valence-electron chi connectivity index (χ0n) is 13.8. The van der Waals surface area contributed by atoms with Gasteiger partial charge in [0.1, 0.15) is 23.4 Å². The molecule has 0 bridgehead atoms. The van der Waals surface area contributed by atoms with Crippen LogP contribution in [-0.4, -0.2) is 23.7 Å². The zero-order valence-corrected chi connectivity index (χ0v) is 15.4. The topological polar surface area (TPSA) is 70.9 Å². The van der Waals surface area contributed by atoms with Crippen LogP contribution in [0.1, 0.15) is 18.3 Å². The van der Waals surface area contributed by atoms with E-state index in [9.17, 15) is 5.26 Å². The number of imidazole rings is 1. The molecule has 2 aromatic carbocycles. The van der Waals surface area contributed by atoms with Crippen LogP contribution in [0.3, 0.4) is 0 Å². The Bertz CT molecular complexity index is 986. The van der Waals surface area contributed by atoms with Crippen molar-refractivity contribution in [1.82, 2.24) is 9.97 Å². The Kier molecular flexibility index (Phi) is 5.05. The van der Waals surface area contributed by atoms with Crippen molar-refractivity contribution in [3.63, 3.8) is 0 Å². The molecule has 3 rings (SSSR count). The van der Waals surface area contributed by atoms with Crippen molar-refractivity contribution in [3.05, 3.63) is 52.3 Å². The van der Waals surface area contributed by atoms with Gasteiger partial charge in [-0.3, -0.25) is 0 Å². The number of methoxy groups -OCH3 is 1. The summed E-state index contributed by atoms with van der Waals surface area (Å²) >= 11 is 3.49. The van der Waals surface area contributed by atoms with Crippen LogP contribution < -0.4 is 9.47 Å². The molecule has 0 aliphatic carbocycles. The van der Waals surface area contributed by atoms with E-state index in [0.29, 0.717) is 18.0 Å². The van der Waals surface area contributed by atoms with Crippen molar-refractivity contribution < 1.29 is 9.47 Å². The summed E-state index contributed by atoms with van der Waals surface area (Å²) in [6.45, 7) is 2.53. The van der Waals surface area contributed by atoms with E-state index in [1.165, 1.54) is 0 Å². The Hall–Kier alpha value is -2.78. The molecular formula is C19H16BrN3O2. The van der Waals surface area contributed by atoms with Crippen LogP contribution >= 0.6 is 15.9 Å². The number of nitrogens with one attached hydrogen (secondary N) is 1. The van der Waals surface area contributed by atoms with Gasteiger partial charge in [0.05, 0.1) is 34.8 Å². The lowest BCUT2D eigenvalue weighted by Crippen LogP contribution is -1.92. The number of nitrogens with zero attached hydrogens (tertiary/aromatic N) is 2. The van der Waals surface area contributed by atoms with Crippen LogP contribution in [0.2, 0.25) is 0 Å². The summed E-state index contributed by atoms with van der Waals surface area (Å²) in [7, 11) is 1.61. The van der Waals surface area contributed by atoms with E-state index in [2.05, 4.69) is 32.0 Å². The highest BCUT2D eigenvalue weighted by molar-refractivity contribution is 9.10. The molecule has 0 saturated carbocycles. The smallest absolute Gasteiger partial charge is 0.149 e. The Labute approximate surface area is 154 Å². The predicted molar refractivity (Wildman–Crippen MR) is 101 cm³/mol. The molecule has 0 atom stereocenters. The van der Waals surface area contributed by atoms with E-state index in [-0.39, 0.29) is 0 Å². The highest BCUT2D eigenvalue weighted by Gasteiger charge is 2.09. The molecule has 6 heteroatoms. The maximum Gasteiger partial charge on any atom is 0.149 e. The molecule has 0 radical (unpaired) electrons. The standard InChI is InChI=1S/C19H16BrN3O2/c1-3-25-18-7-4-12(9-15(18)20)8-13(11-21)19-22-16-6-5-14(24-2)10-17(16)23-19/h4-10H,3H2,1-2H3,(H,22,23)/b13-8-. The maximum atomic E-state index is 9.54. The number of aromatic nitrogens is 2. The summed E-state index contributed by atoms with van der Waals surface area (Å²) in [6, 6.07) is 13.4. The fraction of sp³-hybridized carbons (Fsp3) is 0.158. The van der Waals surface area contributed by atoms with E-state index in [1.807, 2.05) is 43.3 Å². The SMILES string of the molecule is CCOc1ccc(/C=C(/C#N)c2nc3ccc(OC)cc3[nH]2)cc1Br. The molecule has 5 nitrogen and oxygen atoms in total. The number of ether oxygens (including phenoxy) is 2. The van der Waals surface area contributed by atoms with Gasteiger partial charge < -0.3 is 14.5 Å². The summed E-state index contributed by atoms with van der Waals surface area (Å²) < 4.78 is 11.6. The summed E-state index contributed by atoms with van der Waals surface area (Å²) in [4.78, 5) is 7.66. The van der Waals surface area contributed by atoms with Gasteiger partial charge in [-0.05, 0) is 58.8 Å². The van der Waals surface area contributed by atoms with Crippen molar-refractivity contribution in [2.45, 2.75) is 6.92 Å². The van der Waals surface area contributed by atoms with Crippen molar-refractivity contribution in [1.29, 1.82) is 5.26 Å². The predicted octanol–water partition coefficient (Wildman–Crippen LogP) is 4.80. The average Bonchev–Trinajstić information content (AvgIpc) is 3.04. The van der Waals surface area contributed by atoms with Gasteiger partial charge in [-0.15, -0.1) is 0 Å². The Morgan fingerprint density at radius 3 is 2.84 bits per heavy atom. The first kappa shape index (κ1) is 17.1. The fourth-order valence-electron chi connectivity index (χ4n) is 2.44. The van der Waals surface area contributed by atoms with Crippen molar-refractivity contribution in [2.75, 3.05) is 13.7 Å². The van der Waals surface area contributed by atoms with Crippen molar-refractivity contribution >= 4 is 38.6 Å². The van der Waals surface area contributed by atoms with Crippen LogP contribution in [0.15, 0.2) is 40.9 Å². The lowest BCUT2D eigenvalue weighted by molar-refractivity contribution is 0.338. The van der Waals surface area contributed by atoms with Gasteiger partial charge in [-0.2, -0.15) is 5.26 Å². The largest absolute Gasteiger partial charge is 0.497 e. The molecule has 0 spiro atoms. The van der Waals surface area contributed by atoms with Gasteiger partial charge in [0.15, 0.2) is 0 Å². The second-order valence-electron chi connectivity index (χ2n) is 5.26. The van der Waals surface area contributed by atoms with Gasteiger partial charge in [-0.1, -0.05) is 6.07 Å². The molecule has 0 fully saturated rings. The molecule has 1 heterocycles. The molecular weight excluding hydrogens is 382 g/mol. The number of fused-ring (bicyclic) bond motifs is 1. The molecule has 0 saturated heterocycles. The lowest BCUT2D eigenvalue weighted by atomic mass is 10.1. The molecule has 1 aromatic heterocycles. The third-order valence-electron chi connectivity index (χ3n) is 3.63. The van der Waals surface area contributed by atoms with E-state index in [4.69, 9.17) is 9.47 Å². The minimum atomic E-state index is 0.450. The first-order chi connectivity index (χ1) is 12.1. The summed E-state index contributed by atoms with van der Waals surface area (Å²) in [5, 5.41) is 9.54. The van der Waals surface area contributed by atoms with Gasteiger partial charge in [-0.25, -0.2) is 4.98 Å². The number of hydrogen-bond donors (Lipinski definition) is 1. The minimum absolute atomic E-state index is 0.450. The van der Waals surface area contributed by atoms with Crippen LogP contribution in [-0.2, 0) is 0 Å². The number of hydrogen-bond acceptors (Lipinski definition) is 4. The molecule has 1 N–H and O–H groups in total. The zero-order chi connectivity index (χ0) is 17.8. The number of allylic oxidation sites excluding steroid dienone is 1. The number of benzene rings is 2. The first-order valence-electron chi connectivity index (χ1n) is 7.73.